The minimum Gasteiger partial charge on any atom is -0.366 e. The maximum atomic E-state index is 10.2. The van der Waals surface area contributed by atoms with Gasteiger partial charge in [0.2, 0.25) is 11.8 Å². The van der Waals surface area contributed by atoms with E-state index in [4.69, 9.17) is 0 Å². The van der Waals surface area contributed by atoms with E-state index in [9.17, 15) is 9.59 Å². The molecule has 0 aliphatic heterocycles. The Morgan fingerprint density at radius 3 is 1.75 bits per heavy atom. The summed E-state index contributed by atoms with van der Waals surface area (Å²) in [7, 11) is 1.66. The van der Waals surface area contributed by atoms with Crippen molar-refractivity contribution < 1.29 is 9.59 Å². The standard InChI is InChI=1S/C5H9NO.C3H5NO/c1-4-6(3)5(2)7;1-2-3(4)5/h4H,1H2,2-3H3;2H,1H2,(H2,4,5). The first-order valence-corrected chi connectivity index (χ1v) is 3.23. The van der Waals surface area contributed by atoms with Gasteiger partial charge in [0.05, 0.1) is 0 Å². The molecule has 4 nitrogen and oxygen atoms in total. The monoisotopic (exact) mass is 170 g/mol. The molecule has 4 heteroatoms. The number of hydrogen-bond donors (Lipinski definition) is 1. The molecule has 2 N–H and O–H groups in total. The van der Waals surface area contributed by atoms with Crippen LogP contribution < -0.4 is 5.73 Å². The lowest BCUT2D eigenvalue weighted by Crippen LogP contribution is -2.15. The second-order valence-corrected chi connectivity index (χ2v) is 1.92. The second kappa shape index (κ2) is 7.53. The van der Waals surface area contributed by atoms with Crippen molar-refractivity contribution in [2.75, 3.05) is 7.05 Å². The van der Waals surface area contributed by atoms with Gasteiger partial charge < -0.3 is 10.6 Å². The van der Waals surface area contributed by atoms with Crippen molar-refractivity contribution in [2.24, 2.45) is 5.73 Å². The average molecular weight is 170 g/mol. The Labute approximate surface area is 72.3 Å². The van der Waals surface area contributed by atoms with Gasteiger partial charge in [-0.2, -0.15) is 0 Å². The highest BCUT2D eigenvalue weighted by Crippen LogP contribution is 1.79. The van der Waals surface area contributed by atoms with E-state index in [-0.39, 0.29) is 5.91 Å². The molecule has 0 atom stereocenters. The number of nitrogens with zero attached hydrogens (tertiary/aromatic N) is 1. The van der Waals surface area contributed by atoms with Crippen LogP contribution in [0.15, 0.2) is 25.4 Å². The number of hydrogen-bond acceptors (Lipinski definition) is 2. The fourth-order valence-electron chi connectivity index (χ4n) is 0.129. The van der Waals surface area contributed by atoms with Crippen molar-refractivity contribution in [1.82, 2.24) is 4.90 Å². The molecule has 0 bridgehead atoms. The molecule has 12 heavy (non-hydrogen) atoms. The molecule has 0 radical (unpaired) electrons. The van der Waals surface area contributed by atoms with Crippen molar-refractivity contribution >= 4 is 11.8 Å². The second-order valence-electron chi connectivity index (χ2n) is 1.92. The van der Waals surface area contributed by atoms with Crippen LogP contribution in [0.4, 0.5) is 0 Å². The maximum Gasteiger partial charge on any atom is 0.240 e. The Morgan fingerprint density at radius 1 is 1.42 bits per heavy atom. The molecule has 0 aromatic carbocycles. The Balaban J connectivity index is 0. The summed E-state index contributed by atoms with van der Waals surface area (Å²) in [6.45, 7) is 7.96. The van der Waals surface area contributed by atoms with Gasteiger partial charge in [-0.25, -0.2) is 0 Å². The van der Waals surface area contributed by atoms with Crippen LogP contribution in [0.5, 0.6) is 0 Å². The van der Waals surface area contributed by atoms with Gasteiger partial charge in [0.15, 0.2) is 0 Å². The van der Waals surface area contributed by atoms with Gasteiger partial charge in [0.25, 0.3) is 0 Å². The summed E-state index contributed by atoms with van der Waals surface area (Å²) in [6.07, 6.45) is 2.53. The molecular formula is C8H14N2O2. The minimum absolute atomic E-state index is 0.00926. The third kappa shape index (κ3) is 11.2. The number of rotatable bonds is 2. The molecule has 0 rings (SSSR count). The zero-order chi connectivity index (χ0) is 10.1. The van der Waals surface area contributed by atoms with Crippen LogP contribution in [0.3, 0.4) is 0 Å². The molecule has 0 spiro atoms. The van der Waals surface area contributed by atoms with E-state index < -0.39 is 5.91 Å². The summed E-state index contributed by atoms with van der Waals surface area (Å²) in [4.78, 5) is 21.1. The van der Waals surface area contributed by atoms with E-state index in [1.807, 2.05) is 0 Å². The molecule has 0 saturated heterocycles. The van der Waals surface area contributed by atoms with E-state index in [1.54, 1.807) is 7.05 Å². The normalized spacial score (nSPS) is 7.17. The third-order valence-electron chi connectivity index (χ3n) is 0.972. The highest BCUT2D eigenvalue weighted by atomic mass is 16.2. The van der Waals surface area contributed by atoms with Crippen molar-refractivity contribution in [1.29, 1.82) is 0 Å². The van der Waals surface area contributed by atoms with Crippen LogP contribution in [-0.2, 0) is 9.59 Å². The quantitative estimate of drug-likeness (QED) is 0.604. The van der Waals surface area contributed by atoms with Crippen molar-refractivity contribution in [3.05, 3.63) is 25.4 Å². The molecule has 0 fully saturated rings. The number of nitrogens with two attached hydrogens (primary N) is 1. The summed E-state index contributed by atoms with van der Waals surface area (Å²) < 4.78 is 0. The lowest BCUT2D eigenvalue weighted by Gasteiger charge is -2.04. The van der Waals surface area contributed by atoms with Crippen LogP contribution in [-0.4, -0.2) is 23.8 Å². The van der Waals surface area contributed by atoms with Crippen LogP contribution in [0.1, 0.15) is 6.92 Å². The van der Waals surface area contributed by atoms with Gasteiger partial charge in [-0.1, -0.05) is 13.2 Å². The number of amides is 2. The predicted molar refractivity (Wildman–Crippen MR) is 48.0 cm³/mol. The SMILES string of the molecule is C=CC(N)=O.C=CN(C)C(C)=O. The Bertz CT molecular complexity index is 187. The van der Waals surface area contributed by atoms with E-state index in [1.165, 1.54) is 18.0 Å². The first-order valence-electron chi connectivity index (χ1n) is 3.23. The number of carbonyl (C=O) groups excluding carboxylic acids is 2. The van der Waals surface area contributed by atoms with Crippen molar-refractivity contribution in [3.63, 3.8) is 0 Å². The van der Waals surface area contributed by atoms with Gasteiger partial charge in [-0.15, -0.1) is 0 Å². The first kappa shape index (κ1) is 13.0. The largest absolute Gasteiger partial charge is 0.366 e. The van der Waals surface area contributed by atoms with Crippen LogP contribution in [0, 0.1) is 0 Å². The van der Waals surface area contributed by atoms with Gasteiger partial charge in [0, 0.05) is 14.0 Å². The molecule has 0 aromatic heterocycles. The number of primary amides is 1. The average Bonchev–Trinajstić information content (AvgIpc) is 2.04. The Morgan fingerprint density at radius 2 is 1.75 bits per heavy atom. The molecule has 0 aliphatic rings. The zero-order valence-corrected chi connectivity index (χ0v) is 7.41. The molecule has 0 unspecified atom stereocenters. The molecule has 0 saturated carbocycles. The lowest BCUT2D eigenvalue weighted by molar-refractivity contribution is -0.125. The fourth-order valence-corrected chi connectivity index (χ4v) is 0.129. The molecule has 0 aliphatic carbocycles. The molecule has 0 aromatic rings. The number of carbonyl (C=O) groups is 2. The zero-order valence-electron chi connectivity index (χ0n) is 7.41. The summed E-state index contributed by atoms with van der Waals surface area (Å²) in [5.74, 6) is -0.472. The van der Waals surface area contributed by atoms with E-state index >= 15 is 0 Å². The van der Waals surface area contributed by atoms with Gasteiger partial charge >= 0.3 is 0 Å². The minimum atomic E-state index is -0.481. The van der Waals surface area contributed by atoms with Gasteiger partial charge in [-0.3, -0.25) is 9.59 Å². The van der Waals surface area contributed by atoms with E-state index in [0.29, 0.717) is 0 Å². The van der Waals surface area contributed by atoms with Gasteiger partial charge in [0.1, 0.15) is 0 Å². The van der Waals surface area contributed by atoms with Crippen molar-refractivity contribution in [3.8, 4) is 0 Å². The topological polar surface area (TPSA) is 63.4 Å². The highest BCUT2D eigenvalue weighted by molar-refractivity contribution is 5.84. The lowest BCUT2D eigenvalue weighted by atomic mass is 10.6. The summed E-state index contributed by atoms with van der Waals surface area (Å²) in [6, 6.07) is 0. The Hall–Kier alpha value is -1.58. The van der Waals surface area contributed by atoms with Crippen molar-refractivity contribution in [2.45, 2.75) is 6.92 Å². The first-order chi connectivity index (χ1) is 5.45. The highest BCUT2D eigenvalue weighted by Gasteiger charge is 1.90. The summed E-state index contributed by atoms with van der Waals surface area (Å²) >= 11 is 0. The van der Waals surface area contributed by atoms with Gasteiger partial charge in [-0.05, 0) is 12.3 Å². The van der Waals surface area contributed by atoms with E-state index in [2.05, 4.69) is 18.9 Å². The smallest absolute Gasteiger partial charge is 0.240 e. The molecule has 2 amide bonds. The molecule has 0 heterocycles. The van der Waals surface area contributed by atoms with Crippen LogP contribution in [0.25, 0.3) is 0 Å². The molecule has 68 valence electrons. The summed E-state index contributed by atoms with van der Waals surface area (Å²) in [5, 5.41) is 0. The fraction of sp³-hybridized carbons (Fsp3) is 0.250. The van der Waals surface area contributed by atoms with E-state index in [0.717, 1.165) is 6.08 Å². The van der Waals surface area contributed by atoms with Crippen LogP contribution in [0.2, 0.25) is 0 Å². The maximum absolute atomic E-state index is 10.2. The molecular weight excluding hydrogens is 156 g/mol. The van der Waals surface area contributed by atoms with Crippen LogP contribution >= 0.6 is 0 Å². The summed E-state index contributed by atoms with van der Waals surface area (Å²) in [5.41, 5.74) is 4.53. The third-order valence-corrected chi connectivity index (χ3v) is 0.972. The Kier molecular flexibility index (Phi) is 8.18. The predicted octanol–water partition coefficient (Wildman–Crippen LogP) is 0.266.